The van der Waals surface area contributed by atoms with E-state index in [1.165, 1.54) is 0 Å². The first-order chi connectivity index (χ1) is 6.77. The van der Waals surface area contributed by atoms with E-state index in [0.717, 1.165) is 23.5 Å². The molecule has 3 nitrogen and oxygen atoms in total. The van der Waals surface area contributed by atoms with Crippen molar-refractivity contribution in [2.45, 2.75) is 13.0 Å². The summed E-state index contributed by atoms with van der Waals surface area (Å²) < 4.78 is 0. The molecule has 0 spiro atoms. The van der Waals surface area contributed by atoms with E-state index in [2.05, 4.69) is 10.3 Å². The minimum atomic E-state index is -0.432. The van der Waals surface area contributed by atoms with Crippen LogP contribution in [0.1, 0.15) is 11.4 Å². The van der Waals surface area contributed by atoms with E-state index in [1.807, 2.05) is 31.2 Å². The van der Waals surface area contributed by atoms with Gasteiger partial charge in [0, 0.05) is 24.4 Å². The summed E-state index contributed by atoms with van der Waals surface area (Å²) in [6.07, 6.45) is 1.56. The van der Waals surface area contributed by atoms with Gasteiger partial charge in [-0.1, -0.05) is 12.1 Å². The predicted molar refractivity (Wildman–Crippen MR) is 55.8 cm³/mol. The van der Waals surface area contributed by atoms with E-state index >= 15 is 0 Å². The first-order valence-electron chi connectivity index (χ1n) is 4.80. The summed E-state index contributed by atoms with van der Waals surface area (Å²) in [5, 5.41) is 12.8. The summed E-state index contributed by atoms with van der Waals surface area (Å²) in [4.78, 5) is 4.39. The topological polar surface area (TPSA) is 45.1 Å². The fourth-order valence-electron chi connectivity index (χ4n) is 1.63. The van der Waals surface area contributed by atoms with Crippen LogP contribution in [-0.4, -0.2) is 29.3 Å². The Bertz CT molecular complexity index is 360. The molecular weight excluding hydrogens is 176 g/mol. The SMILES string of the molecule is Cc1cccc(C2=CCNCC2O)n1. The van der Waals surface area contributed by atoms with E-state index in [4.69, 9.17) is 0 Å². The number of aryl methyl sites for hydroxylation is 1. The van der Waals surface area contributed by atoms with Gasteiger partial charge in [-0.2, -0.15) is 0 Å². The van der Waals surface area contributed by atoms with Gasteiger partial charge in [-0.15, -0.1) is 0 Å². The molecule has 2 N–H and O–H groups in total. The molecule has 1 unspecified atom stereocenters. The fourth-order valence-corrected chi connectivity index (χ4v) is 1.63. The maximum atomic E-state index is 9.74. The smallest absolute Gasteiger partial charge is 0.0932 e. The number of β-amino-alcohol motifs (C(OH)–C–C–N with tert-alkyl or cyclic N) is 1. The van der Waals surface area contributed by atoms with Crippen molar-refractivity contribution in [2.24, 2.45) is 0 Å². The van der Waals surface area contributed by atoms with Crippen molar-refractivity contribution in [1.82, 2.24) is 10.3 Å². The third-order valence-electron chi connectivity index (χ3n) is 2.35. The monoisotopic (exact) mass is 190 g/mol. The summed E-state index contributed by atoms with van der Waals surface area (Å²) in [5.41, 5.74) is 2.81. The van der Waals surface area contributed by atoms with E-state index in [9.17, 15) is 5.11 Å². The van der Waals surface area contributed by atoms with Crippen molar-refractivity contribution in [1.29, 1.82) is 0 Å². The highest BCUT2D eigenvalue weighted by molar-refractivity contribution is 5.67. The second kappa shape index (κ2) is 3.90. The predicted octanol–water partition coefficient (Wildman–Crippen LogP) is 0.738. The molecule has 0 saturated carbocycles. The minimum Gasteiger partial charge on any atom is -0.387 e. The van der Waals surface area contributed by atoms with Gasteiger partial charge in [0.1, 0.15) is 0 Å². The fraction of sp³-hybridized carbons (Fsp3) is 0.364. The van der Waals surface area contributed by atoms with Crippen molar-refractivity contribution in [3.63, 3.8) is 0 Å². The van der Waals surface area contributed by atoms with E-state index < -0.39 is 6.10 Å². The highest BCUT2D eigenvalue weighted by Crippen LogP contribution is 2.18. The average Bonchev–Trinajstić information content (AvgIpc) is 2.18. The summed E-state index contributed by atoms with van der Waals surface area (Å²) >= 11 is 0. The Morgan fingerprint density at radius 1 is 1.50 bits per heavy atom. The minimum absolute atomic E-state index is 0.432. The molecule has 2 rings (SSSR count). The van der Waals surface area contributed by atoms with Crippen molar-refractivity contribution >= 4 is 5.57 Å². The van der Waals surface area contributed by atoms with Crippen LogP contribution < -0.4 is 5.32 Å². The van der Waals surface area contributed by atoms with Crippen molar-refractivity contribution in [3.05, 3.63) is 35.7 Å². The maximum absolute atomic E-state index is 9.74. The van der Waals surface area contributed by atoms with Crippen LogP contribution in [0.15, 0.2) is 24.3 Å². The second-order valence-electron chi connectivity index (χ2n) is 3.50. The molecular formula is C11H14N2O. The van der Waals surface area contributed by atoms with Gasteiger partial charge in [0.25, 0.3) is 0 Å². The largest absolute Gasteiger partial charge is 0.387 e. The van der Waals surface area contributed by atoms with Crippen molar-refractivity contribution < 1.29 is 5.11 Å². The van der Waals surface area contributed by atoms with Gasteiger partial charge >= 0.3 is 0 Å². The van der Waals surface area contributed by atoms with Crippen LogP contribution in [0.25, 0.3) is 5.57 Å². The van der Waals surface area contributed by atoms with E-state index in [-0.39, 0.29) is 0 Å². The second-order valence-corrected chi connectivity index (χ2v) is 3.50. The Morgan fingerprint density at radius 2 is 2.36 bits per heavy atom. The molecule has 1 aliphatic heterocycles. The molecule has 1 aromatic rings. The number of nitrogens with one attached hydrogen (secondary N) is 1. The van der Waals surface area contributed by atoms with Gasteiger partial charge in [0.2, 0.25) is 0 Å². The Balaban J connectivity index is 2.34. The number of aromatic nitrogens is 1. The molecule has 0 saturated heterocycles. The Labute approximate surface area is 83.5 Å². The van der Waals surface area contributed by atoms with Gasteiger partial charge < -0.3 is 10.4 Å². The molecule has 1 aromatic heterocycles. The lowest BCUT2D eigenvalue weighted by atomic mass is 10.0. The number of nitrogens with zero attached hydrogens (tertiary/aromatic N) is 1. The number of rotatable bonds is 1. The molecule has 0 amide bonds. The highest BCUT2D eigenvalue weighted by Gasteiger charge is 2.16. The normalized spacial score (nSPS) is 21.9. The summed E-state index contributed by atoms with van der Waals surface area (Å²) in [6.45, 7) is 3.38. The average molecular weight is 190 g/mol. The van der Waals surface area contributed by atoms with Crippen molar-refractivity contribution in [3.8, 4) is 0 Å². The summed E-state index contributed by atoms with van der Waals surface area (Å²) in [7, 11) is 0. The van der Waals surface area contributed by atoms with Crippen LogP contribution in [0.3, 0.4) is 0 Å². The molecule has 14 heavy (non-hydrogen) atoms. The van der Waals surface area contributed by atoms with Crippen LogP contribution in [0.2, 0.25) is 0 Å². The summed E-state index contributed by atoms with van der Waals surface area (Å²) in [6, 6.07) is 5.86. The molecule has 1 atom stereocenters. The number of hydrogen-bond acceptors (Lipinski definition) is 3. The molecule has 0 aliphatic carbocycles. The Hall–Kier alpha value is -1.19. The van der Waals surface area contributed by atoms with Crippen LogP contribution in [0, 0.1) is 6.92 Å². The Morgan fingerprint density at radius 3 is 3.07 bits per heavy atom. The standard InChI is InChI=1S/C11H14N2O/c1-8-3-2-4-10(13-8)9-5-6-12-7-11(9)14/h2-5,11-12,14H,6-7H2,1H3. The molecule has 0 bridgehead atoms. The summed E-state index contributed by atoms with van der Waals surface area (Å²) in [5.74, 6) is 0. The van der Waals surface area contributed by atoms with Crippen LogP contribution >= 0.6 is 0 Å². The third kappa shape index (κ3) is 1.84. The molecule has 74 valence electrons. The quantitative estimate of drug-likeness (QED) is 0.686. The molecule has 0 radical (unpaired) electrons. The first-order valence-corrected chi connectivity index (χ1v) is 4.80. The highest BCUT2D eigenvalue weighted by atomic mass is 16.3. The number of aliphatic hydroxyl groups is 1. The lowest BCUT2D eigenvalue weighted by molar-refractivity contribution is 0.224. The van der Waals surface area contributed by atoms with E-state index in [0.29, 0.717) is 6.54 Å². The first kappa shape index (κ1) is 9.37. The molecule has 2 heterocycles. The van der Waals surface area contributed by atoms with Crippen molar-refractivity contribution in [2.75, 3.05) is 13.1 Å². The zero-order valence-corrected chi connectivity index (χ0v) is 8.20. The van der Waals surface area contributed by atoms with Gasteiger partial charge in [0.05, 0.1) is 11.8 Å². The van der Waals surface area contributed by atoms with Gasteiger partial charge in [0.15, 0.2) is 0 Å². The lowest BCUT2D eigenvalue weighted by Gasteiger charge is -2.20. The van der Waals surface area contributed by atoms with E-state index in [1.54, 1.807) is 0 Å². The van der Waals surface area contributed by atoms with Crippen LogP contribution in [-0.2, 0) is 0 Å². The molecule has 1 aliphatic rings. The number of hydrogen-bond donors (Lipinski definition) is 2. The zero-order chi connectivity index (χ0) is 9.97. The zero-order valence-electron chi connectivity index (χ0n) is 8.20. The molecule has 0 fully saturated rings. The molecule has 3 heteroatoms. The third-order valence-corrected chi connectivity index (χ3v) is 2.35. The van der Waals surface area contributed by atoms with Gasteiger partial charge in [-0.05, 0) is 19.1 Å². The Kier molecular flexibility index (Phi) is 2.61. The number of aliphatic hydroxyl groups excluding tert-OH is 1. The molecule has 0 aromatic carbocycles. The van der Waals surface area contributed by atoms with Gasteiger partial charge in [-0.3, -0.25) is 4.98 Å². The van der Waals surface area contributed by atoms with Crippen LogP contribution in [0.5, 0.6) is 0 Å². The maximum Gasteiger partial charge on any atom is 0.0932 e. The van der Waals surface area contributed by atoms with Gasteiger partial charge in [-0.25, -0.2) is 0 Å². The number of pyridine rings is 1. The van der Waals surface area contributed by atoms with Crippen LogP contribution in [0.4, 0.5) is 0 Å². The lowest BCUT2D eigenvalue weighted by Crippen LogP contribution is -2.32.